The summed E-state index contributed by atoms with van der Waals surface area (Å²) in [6, 6.07) is 0. The standard InChI is InChI=1S/C12H18O/c13-12(9-5-2-6-10-12)11-7-3-1-4-8-11/h1,3-4,7,11,13H,2,5-6,8-10H2. The molecular formula is C12H18O. The summed E-state index contributed by atoms with van der Waals surface area (Å²) >= 11 is 0. The summed E-state index contributed by atoms with van der Waals surface area (Å²) in [5, 5.41) is 10.4. The molecule has 0 radical (unpaired) electrons. The van der Waals surface area contributed by atoms with Crippen molar-refractivity contribution < 1.29 is 5.11 Å². The topological polar surface area (TPSA) is 20.2 Å². The van der Waals surface area contributed by atoms with Gasteiger partial charge in [0.1, 0.15) is 0 Å². The Bertz CT molecular complexity index is 221. The van der Waals surface area contributed by atoms with Gasteiger partial charge < -0.3 is 5.11 Å². The van der Waals surface area contributed by atoms with E-state index >= 15 is 0 Å². The predicted octanol–water partition coefficient (Wildman–Crippen LogP) is 2.81. The maximum Gasteiger partial charge on any atom is 0.0713 e. The number of hydrogen-bond acceptors (Lipinski definition) is 1. The molecule has 1 saturated carbocycles. The first-order chi connectivity index (χ1) is 6.31. The lowest BCUT2D eigenvalue weighted by Gasteiger charge is -2.38. The van der Waals surface area contributed by atoms with E-state index in [1.54, 1.807) is 0 Å². The van der Waals surface area contributed by atoms with Gasteiger partial charge in [0.05, 0.1) is 5.60 Å². The van der Waals surface area contributed by atoms with Crippen LogP contribution in [-0.4, -0.2) is 10.7 Å². The van der Waals surface area contributed by atoms with E-state index in [1.165, 1.54) is 19.3 Å². The molecule has 2 aliphatic rings. The van der Waals surface area contributed by atoms with Crippen molar-refractivity contribution in [3.05, 3.63) is 24.3 Å². The molecule has 2 aliphatic carbocycles. The zero-order valence-corrected chi connectivity index (χ0v) is 8.08. The minimum atomic E-state index is -0.389. The molecule has 0 aliphatic heterocycles. The quantitative estimate of drug-likeness (QED) is 0.654. The van der Waals surface area contributed by atoms with E-state index in [0.29, 0.717) is 5.92 Å². The molecule has 0 spiro atoms. The van der Waals surface area contributed by atoms with Crippen molar-refractivity contribution in [1.29, 1.82) is 0 Å². The molecule has 1 unspecified atom stereocenters. The van der Waals surface area contributed by atoms with Gasteiger partial charge >= 0.3 is 0 Å². The van der Waals surface area contributed by atoms with Crippen LogP contribution in [0.25, 0.3) is 0 Å². The molecule has 0 bridgehead atoms. The van der Waals surface area contributed by atoms with Gasteiger partial charge in [-0.3, -0.25) is 0 Å². The van der Waals surface area contributed by atoms with Gasteiger partial charge in [-0.25, -0.2) is 0 Å². The summed E-state index contributed by atoms with van der Waals surface area (Å²) in [7, 11) is 0. The molecule has 0 aromatic heterocycles. The second-order valence-electron chi connectivity index (χ2n) is 4.32. The van der Waals surface area contributed by atoms with Gasteiger partial charge in [-0.05, 0) is 19.3 Å². The van der Waals surface area contributed by atoms with Crippen LogP contribution in [0.2, 0.25) is 0 Å². The molecule has 0 heterocycles. The number of allylic oxidation sites excluding steroid dienone is 3. The molecule has 1 heteroatoms. The molecule has 13 heavy (non-hydrogen) atoms. The molecule has 0 amide bonds. The zero-order valence-electron chi connectivity index (χ0n) is 8.08. The number of hydrogen-bond donors (Lipinski definition) is 1. The van der Waals surface area contributed by atoms with Crippen LogP contribution in [0.15, 0.2) is 24.3 Å². The number of aliphatic hydroxyl groups is 1. The summed E-state index contributed by atoms with van der Waals surface area (Å²) in [6.45, 7) is 0. The van der Waals surface area contributed by atoms with E-state index in [1.807, 2.05) is 0 Å². The number of rotatable bonds is 1. The normalized spacial score (nSPS) is 31.9. The van der Waals surface area contributed by atoms with Crippen LogP contribution in [0.1, 0.15) is 38.5 Å². The first kappa shape index (κ1) is 9.01. The van der Waals surface area contributed by atoms with Gasteiger partial charge in [-0.15, -0.1) is 0 Å². The van der Waals surface area contributed by atoms with E-state index in [2.05, 4.69) is 24.3 Å². The first-order valence-corrected chi connectivity index (χ1v) is 5.37. The average molecular weight is 178 g/mol. The Hall–Kier alpha value is -0.560. The third-order valence-electron chi connectivity index (χ3n) is 3.39. The molecular weight excluding hydrogens is 160 g/mol. The fourth-order valence-electron chi connectivity index (χ4n) is 2.51. The fourth-order valence-corrected chi connectivity index (χ4v) is 2.51. The van der Waals surface area contributed by atoms with Crippen LogP contribution in [0, 0.1) is 5.92 Å². The van der Waals surface area contributed by atoms with E-state index in [0.717, 1.165) is 19.3 Å². The SMILES string of the molecule is OC1(C2C=CC=CC2)CCCCC1. The van der Waals surface area contributed by atoms with Gasteiger partial charge in [-0.1, -0.05) is 43.6 Å². The minimum Gasteiger partial charge on any atom is -0.389 e. The second kappa shape index (κ2) is 3.67. The van der Waals surface area contributed by atoms with Crippen LogP contribution in [0.5, 0.6) is 0 Å². The van der Waals surface area contributed by atoms with Crippen molar-refractivity contribution in [3.8, 4) is 0 Å². The summed E-state index contributed by atoms with van der Waals surface area (Å²) in [6.07, 6.45) is 15.2. The molecule has 1 fully saturated rings. The Morgan fingerprint density at radius 1 is 1.08 bits per heavy atom. The van der Waals surface area contributed by atoms with Crippen molar-refractivity contribution >= 4 is 0 Å². The molecule has 1 atom stereocenters. The summed E-state index contributed by atoms with van der Waals surface area (Å²) < 4.78 is 0. The second-order valence-corrected chi connectivity index (χ2v) is 4.32. The molecule has 0 saturated heterocycles. The van der Waals surface area contributed by atoms with Crippen LogP contribution >= 0.6 is 0 Å². The van der Waals surface area contributed by atoms with Gasteiger partial charge in [0.25, 0.3) is 0 Å². The van der Waals surface area contributed by atoms with Crippen molar-refractivity contribution in [2.24, 2.45) is 5.92 Å². The van der Waals surface area contributed by atoms with Crippen molar-refractivity contribution in [1.82, 2.24) is 0 Å². The van der Waals surface area contributed by atoms with Crippen LogP contribution in [0.4, 0.5) is 0 Å². The Kier molecular flexibility index (Phi) is 2.54. The highest BCUT2D eigenvalue weighted by Gasteiger charge is 2.35. The van der Waals surface area contributed by atoms with Gasteiger partial charge in [0.2, 0.25) is 0 Å². The van der Waals surface area contributed by atoms with Crippen LogP contribution < -0.4 is 0 Å². The van der Waals surface area contributed by atoms with E-state index < -0.39 is 0 Å². The van der Waals surface area contributed by atoms with Crippen molar-refractivity contribution in [2.75, 3.05) is 0 Å². The molecule has 1 N–H and O–H groups in total. The smallest absolute Gasteiger partial charge is 0.0713 e. The third kappa shape index (κ3) is 1.86. The van der Waals surface area contributed by atoms with E-state index in [-0.39, 0.29) is 5.60 Å². The van der Waals surface area contributed by atoms with Gasteiger partial charge in [-0.2, -0.15) is 0 Å². The highest BCUT2D eigenvalue weighted by atomic mass is 16.3. The summed E-state index contributed by atoms with van der Waals surface area (Å²) in [5.41, 5.74) is -0.389. The van der Waals surface area contributed by atoms with Crippen LogP contribution in [-0.2, 0) is 0 Å². The minimum absolute atomic E-state index is 0.373. The summed E-state index contributed by atoms with van der Waals surface area (Å²) in [4.78, 5) is 0. The monoisotopic (exact) mass is 178 g/mol. The Morgan fingerprint density at radius 2 is 1.85 bits per heavy atom. The highest BCUT2D eigenvalue weighted by Crippen LogP contribution is 2.37. The van der Waals surface area contributed by atoms with Gasteiger partial charge in [0.15, 0.2) is 0 Å². The lowest BCUT2D eigenvalue weighted by molar-refractivity contribution is -0.0324. The van der Waals surface area contributed by atoms with Crippen LogP contribution in [0.3, 0.4) is 0 Å². The predicted molar refractivity (Wildman–Crippen MR) is 54.4 cm³/mol. The van der Waals surface area contributed by atoms with Crippen molar-refractivity contribution in [3.63, 3.8) is 0 Å². The maximum absolute atomic E-state index is 10.4. The van der Waals surface area contributed by atoms with Gasteiger partial charge in [0, 0.05) is 5.92 Å². The molecule has 0 aromatic rings. The Morgan fingerprint density at radius 3 is 2.46 bits per heavy atom. The average Bonchev–Trinajstić information content (AvgIpc) is 2.20. The first-order valence-electron chi connectivity index (χ1n) is 5.37. The lowest BCUT2D eigenvalue weighted by atomic mass is 9.73. The van der Waals surface area contributed by atoms with E-state index in [9.17, 15) is 5.11 Å². The largest absolute Gasteiger partial charge is 0.389 e. The Labute approximate surface area is 80.2 Å². The third-order valence-corrected chi connectivity index (χ3v) is 3.39. The molecule has 72 valence electrons. The van der Waals surface area contributed by atoms with Crippen molar-refractivity contribution in [2.45, 2.75) is 44.1 Å². The Balaban J connectivity index is 2.04. The highest BCUT2D eigenvalue weighted by molar-refractivity contribution is 5.15. The molecule has 0 aromatic carbocycles. The maximum atomic E-state index is 10.4. The lowest BCUT2D eigenvalue weighted by Crippen LogP contribution is -2.39. The fraction of sp³-hybridized carbons (Fsp3) is 0.667. The zero-order chi connectivity index (χ0) is 9.15. The molecule has 2 rings (SSSR count). The summed E-state index contributed by atoms with van der Waals surface area (Å²) in [5.74, 6) is 0.373. The molecule has 1 nitrogen and oxygen atoms in total. The van der Waals surface area contributed by atoms with E-state index in [4.69, 9.17) is 0 Å².